The zero-order chi connectivity index (χ0) is 66.7. The molecule has 0 fully saturated rings. The molecule has 0 bridgehead atoms. The molecule has 0 aliphatic rings. The normalized spacial score (nSPS) is 13.3. The zero-order valence-corrected chi connectivity index (χ0v) is 46.2. The molecule has 27 heteroatoms. The Morgan fingerprint density at radius 3 is 0.637 bits per heavy atom. The van der Waals surface area contributed by atoms with Gasteiger partial charge in [0.15, 0.2) is 5.75 Å². The van der Waals surface area contributed by atoms with Gasteiger partial charge in [-0.05, 0) is 77.5 Å². The Bertz CT molecular complexity index is 3670. The van der Waals surface area contributed by atoms with E-state index in [1.807, 2.05) is 0 Å². The molecular formula is C64H36BF24OP. The highest BCUT2D eigenvalue weighted by Crippen LogP contribution is 2.58. The third kappa shape index (κ3) is 13.8. The molecule has 0 aliphatic carbocycles. The fourth-order valence-electron chi connectivity index (χ4n) is 10.8. The average Bonchev–Trinajstić information content (AvgIpc) is 0.772. The molecule has 0 amide bonds. The van der Waals surface area contributed by atoms with Crippen LogP contribution >= 0.6 is 7.49 Å². The van der Waals surface area contributed by atoms with Gasteiger partial charge in [0.2, 0.25) is 0 Å². The average molecular weight is 1320 g/mol. The van der Waals surface area contributed by atoms with Crippen molar-refractivity contribution in [2.24, 2.45) is 0 Å². The van der Waals surface area contributed by atoms with Gasteiger partial charge in [-0.25, -0.2) is 0 Å². The molecular weight excluding hydrogens is 1280 g/mol. The van der Waals surface area contributed by atoms with Gasteiger partial charge >= 0.3 is 49.4 Å². The Hall–Kier alpha value is -8.67. The highest BCUT2D eigenvalue weighted by atomic mass is 31.2. The molecule has 0 unspecified atom stereocenters. The molecule has 474 valence electrons. The molecule has 91 heavy (non-hydrogen) atoms. The van der Waals surface area contributed by atoms with Crippen LogP contribution in [0.15, 0.2) is 218 Å². The highest BCUT2D eigenvalue weighted by molar-refractivity contribution is 7.92. The lowest BCUT2D eigenvalue weighted by atomic mass is 9.12. The minimum Gasteiger partial charge on any atom is -0.333 e. The van der Waals surface area contributed by atoms with Crippen LogP contribution in [0.5, 0.6) is 5.75 Å². The van der Waals surface area contributed by atoms with Crippen molar-refractivity contribution < 1.29 is 110 Å². The van der Waals surface area contributed by atoms with Gasteiger partial charge < -0.3 is 4.52 Å². The van der Waals surface area contributed by atoms with Crippen LogP contribution in [0.2, 0.25) is 0 Å². The van der Waals surface area contributed by atoms with E-state index >= 15 is 0 Å². The Morgan fingerprint density at radius 1 is 0.231 bits per heavy atom. The van der Waals surface area contributed by atoms with Crippen LogP contribution in [-0.4, -0.2) is 6.15 Å². The molecule has 0 radical (unpaired) electrons. The summed E-state index contributed by atoms with van der Waals surface area (Å²) in [6.45, 7) is 0. The number of halogens is 24. The predicted molar refractivity (Wildman–Crippen MR) is 297 cm³/mol. The lowest BCUT2D eigenvalue weighted by Crippen LogP contribution is -2.75. The van der Waals surface area contributed by atoms with Crippen LogP contribution < -0.4 is 42.3 Å². The summed E-state index contributed by atoms with van der Waals surface area (Å²) in [6.07, 6.45) is -54.8. The van der Waals surface area contributed by atoms with Crippen LogP contribution in [-0.2, 0) is 49.4 Å². The van der Waals surface area contributed by atoms with E-state index in [1.54, 1.807) is 0 Å². The number of benzene rings is 10. The number of hydrogen-bond donors (Lipinski definition) is 0. The maximum absolute atomic E-state index is 14.2. The molecule has 0 atom stereocenters. The molecule has 10 aromatic carbocycles. The quantitative estimate of drug-likeness (QED) is 0.0606. The lowest BCUT2D eigenvalue weighted by molar-refractivity contribution is -0.144. The topological polar surface area (TPSA) is 9.23 Å². The summed E-state index contributed by atoms with van der Waals surface area (Å²) in [4.78, 5) is 0. The molecule has 10 rings (SSSR count). The summed E-state index contributed by atoms with van der Waals surface area (Å²) in [7, 11) is -2.48. The van der Waals surface area contributed by atoms with Crippen molar-refractivity contribution in [3.63, 3.8) is 0 Å². The first kappa shape index (κ1) is 66.7. The zero-order valence-electron chi connectivity index (χ0n) is 45.3. The third-order valence-electron chi connectivity index (χ3n) is 14.7. The summed E-state index contributed by atoms with van der Waals surface area (Å²) in [6, 6.07) is 42.6. The van der Waals surface area contributed by atoms with Gasteiger partial charge in [-0.2, -0.15) is 127 Å². The number of alkyl halides is 24. The Morgan fingerprint density at radius 2 is 0.429 bits per heavy atom. The summed E-state index contributed by atoms with van der Waals surface area (Å²) in [5.41, 5.74) is -30.2. The van der Waals surface area contributed by atoms with E-state index in [2.05, 4.69) is 146 Å². The highest BCUT2D eigenvalue weighted by Gasteiger charge is 2.51. The molecule has 1 nitrogen and oxygen atoms in total. The van der Waals surface area contributed by atoms with Crippen LogP contribution in [0.1, 0.15) is 44.5 Å². The number of rotatable bonds is 9. The monoisotopic (exact) mass is 1320 g/mol. The minimum absolute atomic E-state index is 0.691. The molecule has 0 spiro atoms. The van der Waals surface area contributed by atoms with E-state index in [0.717, 1.165) is 16.5 Å². The van der Waals surface area contributed by atoms with Crippen LogP contribution in [0.3, 0.4) is 0 Å². The van der Waals surface area contributed by atoms with Gasteiger partial charge in [-0.3, -0.25) is 0 Å². The van der Waals surface area contributed by atoms with E-state index in [1.165, 1.54) is 26.7 Å². The number of hydrogen-bond acceptors (Lipinski definition) is 1. The molecule has 0 N–H and O–H groups in total. The van der Waals surface area contributed by atoms with Crippen molar-refractivity contribution >= 4 is 72.9 Å². The second-order valence-corrected chi connectivity index (χ2v) is 23.5. The van der Waals surface area contributed by atoms with Crippen molar-refractivity contribution in [3.05, 3.63) is 263 Å². The SMILES string of the molecule is FC(F)(F)c1cc([B-](c2cc(C(F)(F)F)cc(C(F)(F)F)c2)(c2cc(C(F)(F)F)cc(C(F)(F)F)c2)c2cc(C(F)(F)F)cc(C(F)(F)F)c2)cc(C(F)(F)F)c1.c1ccc([P+](Oc2c3ccccc3cc3ccccc23)(c2ccccc2)c2ccccc2)cc1. The van der Waals surface area contributed by atoms with Crippen molar-refractivity contribution in [2.75, 3.05) is 0 Å². The Balaban J connectivity index is 0.000000242. The van der Waals surface area contributed by atoms with Gasteiger partial charge in [0.05, 0.1) is 44.5 Å². The van der Waals surface area contributed by atoms with Crippen molar-refractivity contribution in [1.82, 2.24) is 0 Å². The van der Waals surface area contributed by atoms with E-state index in [9.17, 15) is 105 Å². The molecule has 0 saturated carbocycles. The first-order valence-corrected chi connectivity index (χ1v) is 27.8. The molecule has 0 aromatic heterocycles. The molecule has 10 aromatic rings. The van der Waals surface area contributed by atoms with Crippen LogP contribution in [0, 0.1) is 0 Å². The summed E-state index contributed by atoms with van der Waals surface area (Å²) >= 11 is 0. The maximum Gasteiger partial charge on any atom is 0.416 e. The van der Waals surface area contributed by atoms with Crippen LogP contribution in [0.4, 0.5) is 105 Å². The van der Waals surface area contributed by atoms with E-state index in [0.29, 0.717) is 0 Å². The first-order chi connectivity index (χ1) is 42.1. The first-order valence-electron chi connectivity index (χ1n) is 26.1. The minimum atomic E-state index is -6.13. The lowest BCUT2D eigenvalue weighted by Gasteiger charge is -2.46. The van der Waals surface area contributed by atoms with E-state index < -0.39 is 202 Å². The van der Waals surface area contributed by atoms with Crippen molar-refractivity contribution in [2.45, 2.75) is 49.4 Å². The Labute approximate surface area is 499 Å². The van der Waals surface area contributed by atoms with Gasteiger partial charge in [0, 0.05) is 10.8 Å². The standard InChI is InChI=1S/C32H12BF24.C32H24OP/c34-25(35,36)13-1-14(26(37,38)39)6-21(5-13)33(22-7-15(27(40,41)42)2-16(8-22)28(43,44)45,23-9-17(29(46,47)48)3-18(10-23)30(49,50)51)24-11-19(31(52,53)54)4-20(12-24)32(55,56)57;1-4-16-27(17-5-1)34(28-18-6-2-7-19-28,29-20-8-3-9-21-29)33-32-30-22-12-10-14-25(30)24-26-15-11-13-23-31(26)32/h1-12H;1-24H/q-1;+1. The molecule has 0 aliphatic heterocycles. The summed E-state index contributed by atoms with van der Waals surface area (Å²) in [5.74, 6) is 0.943. The largest absolute Gasteiger partial charge is 0.416 e. The van der Waals surface area contributed by atoms with E-state index in [4.69, 9.17) is 4.52 Å². The molecule has 0 heterocycles. The Kier molecular flexibility index (Phi) is 17.5. The predicted octanol–water partition coefficient (Wildman–Crippen LogP) is 18.5. The van der Waals surface area contributed by atoms with Gasteiger partial charge in [-0.1, -0.05) is 152 Å². The summed E-state index contributed by atoms with van der Waals surface area (Å²) < 4.78 is 348. The fourth-order valence-corrected chi connectivity index (χ4v) is 14.3. The van der Waals surface area contributed by atoms with Crippen molar-refractivity contribution in [1.29, 1.82) is 0 Å². The van der Waals surface area contributed by atoms with Gasteiger partial charge in [0.25, 0.3) is 7.49 Å². The van der Waals surface area contributed by atoms with E-state index in [-0.39, 0.29) is 0 Å². The number of fused-ring (bicyclic) bond motifs is 2. The third-order valence-corrected chi connectivity index (χ3v) is 18.3. The second kappa shape index (κ2) is 23.9. The van der Waals surface area contributed by atoms with Gasteiger partial charge in [0.1, 0.15) is 22.1 Å². The smallest absolute Gasteiger partial charge is 0.333 e. The second-order valence-electron chi connectivity index (χ2n) is 20.6. The molecule has 0 saturated heterocycles. The maximum atomic E-state index is 14.2. The van der Waals surface area contributed by atoms with Crippen molar-refractivity contribution in [3.8, 4) is 5.75 Å². The van der Waals surface area contributed by atoms with Gasteiger partial charge in [-0.15, -0.1) is 0 Å². The van der Waals surface area contributed by atoms with Crippen LogP contribution in [0.25, 0.3) is 21.5 Å². The summed E-state index contributed by atoms with van der Waals surface area (Å²) in [5, 5.41) is 8.23. The fraction of sp³-hybridized carbons (Fsp3) is 0.125.